The molecule has 0 bridgehead atoms. The summed E-state index contributed by atoms with van der Waals surface area (Å²) in [5.74, 6) is 1.62. The van der Waals surface area contributed by atoms with E-state index in [9.17, 15) is 5.26 Å². The Hall–Kier alpha value is -2.89. The lowest BCUT2D eigenvalue weighted by Gasteiger charge is -2.23. The average molecular weight is 395 g/mol. The van der Waals surface area contributed by atoms with Gasteiger partial charge in [-0.3, -0.25) is 9.47 Å². The van der Waals surface area contributed by atoms with E-state index in [1.807, 2.05) is 42.9 Å². The first-order valence-corrected chi connectivity index (χ1v) is 9.69. The van der Waals surface area contributed by atoms with Gasteiger partial charge in [-0.25, -0.2) is 4.98 Å². The number of ether oxygens (including phenoxy) is 1. The fourth-order valence-electron chi connectivity index (χ4n) is 2.96. The molecular weight excluding hydrogens is 372 g/mol. The smallest absolute Gasteiger partial charge is 0.202 e. The molecule has 3 rings (SSSR count). The average Bonchev–Trinajstić information content (AvgIpc) is 3.12. The SMILES string of the molecule is CC[C@H](c1nnc(Sc2ncccc2C#N)n1-c1ccc(OC)cc1)N(C)C. The zero-order valence-corrected chi connectivity index (χ0v) is 17.1. The maximum atomic E-state index is 9.38. The Morgan fingerprint density at radius 1 is 1.21 bits per heavy atom. The quantitative estimate of drug-likeness (QED) is 0.604. The van der Waals surface area contributed by atoms with Gasteiger partial charge in [-0.2, -0.15) is 5.26 Å². The molecule has 0 radical (unpaired) electrons. The molecule has 0 saturated heterocycles. The standard InChI is InChI=1S/C20H22N6OS/c1-5-17(25(2)3)18-23-24-20(28-19-14(13-21)7-6-12-22-19)26(18)15-8-10-16(27-4)11-9-15/h6-12,17H,5H2,1-4H3/t17-/m1/s1. The number of nitriles is 1. The molecule has 144 valence electrons. The van der Waals surface area contributed by atoms with Crippen molar-refractivity contribution >= 4 is 11.8 Å². The van der Waals surface area contributed by atoms with Gasteiger partial charge in [0.1, 0.15) is 16.8 Å². The van der Waals surface area contributed by atoms with Crippen molar-refractivity contribution in [2.24, 2.45) is 0 Å². The maximum absolute atomic E-state index is 9.38. The Labute approximate surface area is 169 Å². The molecule has 0 spiro atoms. The Kier molecular flexibility index (Phi) is 6.29. The van der Waals surface area contributed by atoms with Gasteiger partial charge in [0.15, 0.2) is 5.82 Å². The highest BCUT2D eigenvalue weighted by atomic mass is 32.2. The summed E-state index contributed by atoms with van der Waals surface area (Å²) in [6.07, 6.45) is 2.56. The number of hydrogen-bond donors (Lipinski definition) is 0. The van der Waals surface area contributed by atoms with Gasteiger partial charge in [0.2, 0.25) is 5.16 Å². The third-order valence-corrected chi connectivity index (χ3v) is 5.34. The first-order chi connectivity index (χ1) is 13.6. The molecule has 8 heteroatoms. The van der Waals surface area contributed by atoms with Gasteiger partial charge in [-0.15, -0.1) is 10.2 Å². The number of hydrogen-bond acceptors (Lipinski definition) is 7. The van der Waals surface area contributed by atoms with E-state index in [1.54, 1.807) is 25.4 Å². The molecule has 0 saturated carbocycles. The van der Waals surface area contributed by atoms with E-state index in [0.717, 1.165) is 23.7 Å². The summed E-state index contributed by atoms with van der Waals surface area (Å²) in [7, 11) is 5.70. The van der Waals surface area contributed by atoms with Crippen molar-refractivity contribution in [1.29, 1.82) is 5.26 Å². The number of nitrogens with zero attached hydrogens (tertiary/aromatic N) is 6. The maximum Gasteiger partial charge on any atom is 0.202 e. The van der Waals surface area contributed by atoms with Crippen molar-refractivity contribution in [3.8, 4) is 17.5 Å². The molecule has 1 aromatic carbocycles. The fourth-order valence-corrected chi connectivity index (χ4v) is 3.84. The minimum Gasteiger partial charge on any atom is -0.497 e. The van der Waals surface area contributed by atoms with Gasteiger partial charge < -0.3 is 4.74 Å². The van der Waals surface area contributed by atoms with Crippen LogP contribution in [0.15, 0.2) is 52.8 Å². The van der Waals surface area contributed by atoms with Crippen molar-refractivity contribution in [2.75, 3.05) is 21.2 Å². The normalized spacial score (nSPS) is 12.0. The number of aromatic nitrogens is 4. The van der Waals surface area contributed by atoms with E-state index in [-0.39, 0.29) is 6.04 Å². The largest absolute Gasteiger partial charge is 0.497 e. The summed E-state index contributed by atoms with van der Waals surface area (Å²) in [6.45, 7) is 2.12. The molecule has 0 N–H and O–H groups in total. The summed E-state index contributed by atoms with van der Waals surface area (Å²) in [4.78, 5) is 6.47. The third kappa shape index (κ3) is 4.01. The molecule has 0 amide bonds. The second-order valence-corrected chi connectivity index (χ2v) is 7.29. The van der Waals surface area contributed by atoms with Crippen molar-refractivity contribution < 1.29 is 4.74 Å². The van der Waals surface area contributed by atoms with Crippen LogP contribution in [0.25, 0.3) is 5.69 Å². The van der Waals surface area contributed by atoms with Crippen LogP contribution in [0.1, 0.15) is 30.8 Å². The van der Waals surface area contributed by atoms with Gasteiger partial charge in [-0.1, -0.05) is 6.92 Å². The summed E-state index contributed by atoms with van der Waals surface area (Å²) in [6, 6.07) is 13.5. The Bertz CT molecular complexity index is 977. The van der Waals surface area contributed by atoms with E-state index in [4.69, 9.17) is 4.74 Å². The zero-order valence-electron chi connectivity index (χ0n) is 16.3. The van der Waals surface area contributed by atoms with Crippen molar-refractivity contribution in [3.63, 3.8) is 0 Å². The molecule has 3 aromatic rings. The second-order valence-electron chi connectivity index (χ2n) is 6.33. The number of rotatable bonds is 7. The molecule has 0 fully saturated rings. The van der Waals surface area contributed by atoms with Gasteiger partial charge in [0.25, 0.3) is 0 Å². The zero-order chi connectivity index (χ0) is 20.1. The highest BCUT2D eigenvalue weighted by Crippen LogP contribution is 2.33. The van der Waals surface area contributed by atoms with Crippen LogP contribution in [-0.4, -0.2) is 45.9 Å². The lowest BCUT2D eigenvalue weighted by molar-refractivity contribution is 0.276. The fraction of sp³-hybridized carbons (Fsp3) is 0.300. The van der Waals surface area contributed by atoms with E-state index in [0.29, 0.717) is 15.7 Å². The predicted molar refractivity (Wildman–Crippen MR) is 108 cm³/mol. The van der Waals surface area contributed by atoms with Crippen molar-refractivity contribution in [1.82, 2.24) is 24.6 Å². The molecule has 0 aliphatic heterocycles. The van der Waals surface area contributed by atoms with E-state index in [1.165, 1.54) is 11.8 Å². The predicted octanol–water partition coefficient (Wildman–Crippen LogP) is 3.71. The molecule has 0 aliphatic carbocycles. The highest BCUT2D eigenvalue weighted by Gasteiger charge is 2.24. The van der Waals surface area contributed by atoms with Crippen LogP contribution in [0.5, 0.6) is 5.75 Å². The molecular formula is C20H22N6OS. The minimum absolute atomic E-state index is 0.100. The lowest BCUT2D eigenvalue weighted by Crippen LogP contribution is -2.22. The summed E-state index contributed by atoms with van der Waals surface area (Å²) < 4.78 is 7.30. The first-order valence-electron chi connectivity index (χ1n) is 8.88. The molecule has 2 aromatic heterocycles. The Morgan fingerprint density at radius 2 is 1.96 bits per heavy atom. The van der Waals surface area contributed by atoms with Crippen LogP contribution in [0.2, 0.25) is 0 Å². The number of benzene rings is 1. The first kappa shape index (κ1) is 19.9. The molecule has 1 atom stereocenters. The highest BCUT2D eigenvalue weighted by molar-refractivity contribution is 7.99. The minimum atomic E-state index is 0.100. The van der Waals surface area contributed by atoms with Crippen LogP contribution in [0, 0.1) is 11.3 Å². The lowest BCUT2D eigenvalue weighted by atomic mass is 10.2. The van der Waals surface area contributed by atoms with Gasteiger partial charge >= 0.3 is 0 Å². The molecule has 28 heavy (non-hydrogen) atoms. The molecule has 0 unspecified atom stereocenters. The number of methoxy groups -OCH3 is 1. The Morgan fingerprint density at radius 3 is 2.57 bits per heavy atom. The van der Waals surface area contributed by atoms with Crippen LogP contribution < -0.4 is 4.74 Å². The van der Waals surface area contributed by atoms with Crippen molar-refractivity contribution in [3.05, 3.63) is 54.0 Å². The van der Waals surface area contributed by atoms with Crippen LogP contribution >= 0.6 is 11.8 Å². The third-order valence-electron chi connectivity index (χ3n) is 4.38. The van der Waals surface area contributed by atoms with Crippen molar-refractivity contribution in [2.45, 2.75) is 29.6 Å². The van der Waals surface area contributed by atoms with E-state index < -0.39 is 0 Å². The molecule has 0 aliphatic rings. The molecule has 7 nitrogen and oxygen atoms in total. The summed E-state index contributed by atoms with van der Waals surface area (Å²) >= 11 is 1.34. The van der Waals surface area contributed by atoms with Crippen LogP contribution in [0.4, 0.5) is 0 Å². The van der Waals surface area contributed by atoms with Gasteiger partial charge in [0.05, 0.1) is 18.7 Å². The monoisotopic (exact) mass is 394 g/mol. The summed E-state index contributed by atoms with van der Waals surface area (Å²) in [5.41, 5.74) is 1.44. The van der Waals surface area contributed by atoms with E-state index >= 15 is 0 Å². The molecule has 2 heterocycles. The van der Waals surface area contributed by atoms with Gasteiger partial charge in [0, 0.05) is 11.9 Å². The Balaban J connectivity index is 2.12. The summed E-state index contributed by atoms with van der Waals surface area (Å²) in [5, 5.41) is 19.6. The van der Waals surface area contributed by atoms with Crippen LogP contribution in [-0.2, 0) is 0 Å². The van der Waals surface area contributed by atoms with Crippen LogP contribution in [0.3, 0.4) is 0 Å². The van der Waals surface area contributed by atoms with Gasteiger partial charge in [-0.05, 0) is 68.7 Å². The number of pyridine rings is 1. The topological polar surface area (TPSA) is 79.9 Å². The second kappa shape index (κ2) is 8.87. The van der Waals surface area contributed by atoms with E-state index in [2.05, 4.69) is 33.1 Å².